The Hall–Kier alpha value is -2.11. The van der Waals surface area contributed by atoms with Gasteiger partial charge in [-0.15, -0.1) is 0 Å². The Morgan fingerprint density at radius 3 is 2.38 bits per heavy atom. The van der Waals surface area contributed by atoms with Gasteiger partial charge in [0, 0.05) is 24.3 Å². The van der Waals surface area contributed by atoms with E-state index in [2.05, 4.69) is 33.8 Å². The fourth-order valence-electron chi connectivity index (χ4n) is 5.95. The first kappa shape index (κ1) is 26.1. The van der Waals surface area contributed by atoms with Gasteiger partial charge in [-0.05, 0) is 50.9 Å². The van der Waals surface area contributed by atoms with Gasteiger partial charge in [0.25, 0.3) is 0 Å². The van der Waals surface area contributed by atoms with Crippen LogP contribution in [0.5, 0.6) is 0 Å². The van der Waals surface area contributed by atoms with Crippen LogP contribution in [0.3, 0.4) is 0 Å². The van der Waals surface area contributed by atoms with Crippen molar-refractivity contribution in [3.63, 3.8) is 0 Å². The van der Waals surface area contributed by atoms with Gasteiger partial charge in [0.15, 0.2) is 0 Å². The van der Waals surface area contributed by atoms with E-state index in [0.29, 0.717) is 6.42 Å². The van der Waals surface area contributed by atoms with Crippen LogP contribution in [0.25, 0.3) is 0 Å². The number of fused-ring (bicyclic) bond motifs is 1. The largest absolute Gasteiger partial charge is 0.478 e. The molecule has 0 bridgehead atoms. The standard InChI is InChI=1S/C26H40O6/c1-15(2)24(30)32-23-22(31-19(6)27)18(5)25(7,13-12-16(3)14-21(28)29)20-11-9-10-17(4)26(20,23)8/h10,14-15,18,20,22-23H,9,11-13H2,1-8H3,(H,28,29)/b16-14-/t18-,20-,22-,23+,25+,26+/m1/s1. The third-order valence-corrected chi connectivity index (χ3v) is 8.14. The summed E-state index contributed by atoms with van der Waals surface area (Å²) in [6, 6.07) is 0. The van der Waals surface area contributed by atoms with E-state index in [1.54, 1.807) is 13.8 Å². The highest BCUT2D eigenvalue weighted by Crippen LogP contribution is 2.63. The van der Waals surface area contributed by atoms with Crippen molar-refractivity contribution in [3.05, 3.63) is 23.3 Å². The summed E-state index contributed by atoms with van der Waals surface area (Å²) in [6.45, 7) is 15.4. The minimum Gasteiger partial charge on any atom is -0.478 e. The molecule has 0 unspecified atom stereocenters. The van der Waals surface area contributed by atoms with Crippen LogP contribution in [0.4, 0.5) is 0 Å². The van der Waals surface area contributed by atoms with Gasteiger partial charge < -0.3 is 14.6 Å². The van der Waals surface area contributed by atoms with Gasteiger partial charge in [-0.1, -0.05) is 51.8 Å². The second kappa shape index (κ2) is 9.80. The third kappa shape index (κ3) is 4.94. The van der Waals surface area contributed by atoms with Crippen molar-refractivity contribution in [2.24, 2.45) is 28.6 Å². The van der Waals surface area contributed by atoms with Crippen molar-refractivity contribution in [2.75, 3.05) is 0 Å². The Morgan fingerprint density at radius 1 is 1.22 bits per heavy atom. The van der Waals surface area contributed by atoms with Crippen LogP contribution in [0.1, 0.15) is 81.1 Å². The number of carbonyl (C=O) groups excluding carboxylic acids is 2. The molecule has 0 aromatic heterocycles. The van der Waals surface area contributed by atoms with Gasteiger partial charge in [-0.25, -0.2) is 4.79 Å². The second-order valence-corrected chi connectivity index (χ2v) is 10.5. The molecule has 2 rings (SSSR count). The number of ether oxygens (including phenoxy) is 2. The maximum absolute atomic E-state index is 12.7. The molecular weight excluding hydrogens is 408 g/mol. The minimum absolute atomic E-state index is 0.0713. The maximum Gasteiger partial charge on any atom is 0.328 e. The van der Waals surface area contributed by atoms with Gasteiger partial charge in [0.2, 0.25) is 0 Å². The lowest BCUT2D eigenvalue weighted by Gasteiger charge is -2.62. The Balaban J connectivity index is 2.57. The Labute approximate surface area is 192 Å². The average Bonchev–Trinajstić information content (AvgIpc) is 2.68. The number of carboxylic acid groups (broad SMARTS) is 1. The summed E-state index contributed by atoms with van der Waals surface area (Å²) in [6.07, 6.45) is 5.63. The monoisotopic (exact) mass is 448 g/mol. The lowest BCUT2D eigenvalue weighted by Crippen LogP contribution is -2.65. The second-order valence-electron chi connectivity index (χ2n) is 10.5. The molecule has 0 aromatic rings. The molecule has 1 fully saturated rings. The Bertz CT molecular complexity index is 809. The minimum atomic E-state index is -0.941. The van der Waals surface area contributed by atoms with Gasteiger partial charge >= 0.3 is 17.9 Å². The number of hydrogen-bond acceptors (Lipinski definition) is 5. The summed E-state index contributed by atoms with van der Waals surface area (Å²) in [5.41, 5.74) is 1.25. The number of esters is 2. The van der Waals surface area contributed by atoms with E-state index in [1.807, 2.05) is 6.92 Å². The predicted molar refractivity (Wildman–Crippen MR) is 123 cm³/mol. The predicted octanol–water partition coefficient (Wildman–Crippen LogP) is 5.32. The smallest absolute Gasteiger partial charge is 0.328 e. The van der Waals surface area contributed by atoms with Crippen molar-refractivity contribution in [1.82, 2.24) is 0 Å². The van der Waals surface area contributed by atoms with Crippen LogP contribution in [0.15, 0.2) is 23.3 Å². The topological polar surface area (TPSA) is 89.9 Å². The third-order valence-electron chi connectivity index (χ3n) is 8.14. The van der Waals surface area contributed by atoms with Crippen molar-refractivity contribution < 1.29 is 29.0 Å². The lowest BCUT2D eigenvalue weighted by molar-refractivity contribution is -0.224. The molecule has 0 aromatic carbocycles. The number of rotatable bonds is 7. The fraction of sp³-hybridized carbons (Fsp3) is 0.731. The zero-order valence-electron chi connectivity index (χ0n) is 20.9. The Kier molecular flexibility index (Phi) is 8.01. The summed E-state index contributed by atoms with van der Waals surface area (Å²) in [4.78, 5) is 35.9. The molecule has 1 saturated carbocycles. The van der Waals surface area contributed by atoms with Crippen LogP contribution in [0.2, 0.25) is 0 Å². The zero-order chi connectivity index (χ0) is 24.4. The van der Waals surface area contributed by atoms with E-state index in [9.17, 15) is 14.4 Å². The van der Waals surface area contributed by atoms with Crippen molar-refractivity contribution in [1.29, 1.82) is 0 Å². The van der Waals surface area contributed by atoms with Crippen molar-refractivity contribution in [2.45, 2.75) is 93.3 Å². The quantitative estimate of drug-likeness (QED) is 0.322. The zero-order valence-corrected chi connectivity index (χ0v) is 20.9. The molecule has 0 aliphatic heterocycles. The molecule has 0 saturated heterocycles. The number of carboxylic acids is 1. The summed E-state index contributed by atoms with van der Waals surface area (Å²) in [7, 11) is 0. The average molecular weight is 449 g/mol. The maximum atomic E-state index is 12.7. The van der Waals surface area contributed by atoms with E-state index in [4.69, 9.17) is 14.6 Å². The Morgan fingerprint density at radius 2 is 1.84 bits per heavy atom. The molecule has 0 radical (unpaired) electrons. The SMILES string of the molecule is CC(=O)O[C@@H]1[C@@H](C)[C@](C)(CC/C(C)=C\C(=O)O)[C@H]2CCC=C(C)[C@]2(C)[C@H]1OC(=O)C(C)C. The normalized spacial score (nSPS) is 35.0. The van der Waals surface area contributed by atoms with E-state index < -0.39 is 29.6 Å². The first-order valence-corrected chi connectivity index (χ1v) is 11.7. The molecule has 6 nitrogen and oxygen atoms in total. The number of hydrogen-bond donors (Lipinski definition) is 1. The molecule has 0 heterocycles. The van der Waals surface area contributed by atoms with Gasteiger partial charge in [-0.2, -0.15) is 0 Å². The van der Waals surface area contributed by atoms with Crippen LogP contribution in [0, 0.1) is 28.6 Å². The highest BCUT2D eigenvalue weighted by molar-refractivity contribution is 5.80. The van der Waals surface area contributed by atoms with Crippen LogP contribution in [-0.2, 0) is 23.9 Å². The lowest BCUT2D eigenvalue weighted by atomic mass is 9.45. The van der Waals surface area contributed by atoms with Gasteiger partial charge in [0.1, 0.15) is 12.2 Å². The van der Waals surface area contributed by atoms with Gasteiger partial charge in [0.05, 0.1) is 5.92 Å². The summed E-state index contributed by atoms with van der Waals surface area (Å²) in [5, 5.41) is 9.11. The van der Waals surface area contributed by atoms with Crippen molar-refractivity contribution >= 4 is 17.9 Å². The number of carbonyl (C=O) groups is 3. The van der Waals surface area contributed by atoms with Crippen LogP contribution < -0.4 is 0 Å². The molecule has 1 N–H and O–H groups in total. The number of aliphatic carboxylic acids is 1. The molecule has 32 heavy (non-hydrogen) atoms. The molecule has 6 heteroatoms. The molecular formula is C26H40O6. The van der Waals surface area contributed by atoms with Crippen molar-refractivity contribution in [3.8, 4) is 0 Å². The summed E-state index contributed by atoms with van der Waals surface area (Å²) >= 11 is 0. The van der Waals surface area contributed by atoms with Crippen LogP contribution >= 0.6 is 0 Å². The number of allylic oxidation sites excluding steroid dienone is 2. The molecule has 180 valence electrons. The van der Waals surface area contributed by atoms with E-state index in [-0.39, 0.29) is 29.1 Å². The molecule has 2 aliphatic rings. The molecule has 0 spiro atoms. The fourth-order valence-corrected chi connectivity index (χ4v) is 5.95. The summed E-state index contributed by atoms with van der Waals surface area (Å²) in [5.74, 6) is -1.78. The first-order valence-electron chi connectivity index (χ1n) is 11.7. The molecule has 6 atom stereocenters. The van der Waals surface area contributed by atoms with Gasteiger partial charge in [-0.3, -0.25) is 9.59 Å². The summed E-state index contributed by atoms with van der Waals surface area (Å²) < 4.78 is 12.0. The van der Waals surface area contributed by atoms with Crippen LogP contribution in [-0.4, -0.2) is 35.2 Å². The molecule has 2 aliphatic carbocycles. The molecule has 0 amide bonds. The van der Waals surface area contributed by atoms with E-state index >= 15 is 0 Å². The first-order chi connectivity index (χ1) is 14.7. The highest BCUT2D eigenvalue weighted by atomic mass is 16.6. The van der Waals surface area contributed by atoms with E-state index in [0.717, 1.165) is 30.4 Å². The highest BCUT2D eigenvalue weighted by Gasteiger charge is 2.64. The van der Waals surface area contributed by atoms with E-state index in [1.165, 1.54) is 13.0 Å².